The molecule has 0 saturated heterocycles. The highest BCUT2D eigenvalue weighted by Gasteiger charge is 2.21. The molecule has 1 unspecified atom stereocenters. The third-order valence-corrected chi connectivity index (χ3v) is 4.25. The first-order valence-electron chi connectivity index (χ1n) is 7.92. The van der Waals surface area contributed by atoms with Gasteiger partial charge in [-0.1, -0.05) is 6.92 Å². The molecule has 0 aliphatic carbocycles. The van der Waals surface area contributed by atoms with E-state index in [1.54, 1.807) is 32.9 Å². The molecule has 134 valence electrons. The molecule has 1 heterocycles. The minimum absolute atomic E-state index is 0.217. The second-order valence-electron chi connectivity index (χ2n) is 5.81. The van der Waals surface area contributed by atoms with Crippen molar-refractivity contribution in [3.63, 3.8) is 0 Å². The SMILES string of the molecule is CCC(NC(=O)Cc1c(C)c2ccc(OC)c(C)c2oc1=O)C(=O)O. The minimum Gasteiger partial charge on any atom is -0.496 e. The Labute approximate surface area is 144 Å². The fraction of sp³-hybridized carbons (Fsp3) is 0.389. The average Bonchev–Trinajstić information content (AvgIpc) is 2.57. The number of ether oxygens (including phenoxy) is 1. The lowest BCUT2D eigenvalue weighted by molar-refractivity contribution is -0.141. The van der Waals surface area contributed by atoms with Crippen molar-refractivity contribution in [1.29, 1.82) is 0 Å². The summed E-state index contributed by atoms with van der Waals surface area (Å²) in [6, 6.07) is 2.56. The molecule has 7 heteroatoms. The monoisotopic (exact) mass is 347 g/mol. The molecule has 1 aromatic carbocycles. The predicted octanol–water partition coefficient (Wildman–Crippen LogP) is 1.94. The molecule has 25 heavy (non-hydrogen) atoms. The molecule has 7 nitrogen and oxygen atoms in total. The van der Waals surface area contributed by atoms with Crippen LogP contribution in [0, 0.1) is 13.8 Å². The number of benzene rings is 1. The summed E-state index contributed by atoms with van der Waals surface area (Å²) in [4.78, 5) is 35.5. The van der Waals surface area contributed by atoms with Crippen LogP contribution in [0.2, 0.25) is 0 Å². The van der Waals surface area contributed by atoms with E-state index in [9.17, 15) is 14.4 Å². The smallest absolute Gasteiger partial charge is 0.340 e. The van der Waals surface area contributed by atoms with Crippen molar-refractivity contribution in [3.8, 4) is 5.75 Å². The second-order valence-corrected chi connectivity index (χ2v) is 5.81. The fourth-order valence-corrected chi connectivity index (χ4v) is 2.74. The lowest BCUT2D eigenvalue weighted by Crippen LogP contribution is -2.41. The molecule has 0 aliphatic rings. The maximum atomic E-state index is 12.3. The summed E-state index contributed by atoms with van der Waals surface area (Å²) in [7, 11) is 1.53. The molecular formula is C18H21NO6. The van der Waals surface area contributed by atoms with Crippen LogP contribution in [0.4, 0.5) is 0 Å². The van der Waals surface area contributed by atoms with Gasteiger partial charge in [0.1, 0.15) is 17.4 Å². The van der Waals surface area contributed by atoms with E-state index in [-0.39, 0.29) is 18.4 Å². The van der Waals surface area contributed by atoms with Gasteiger partial charge >= 0.3 is 11.6 Å². The fourth-order valence-electron chi connectivity index (χ4n) is 2.74. The number of aliphatic carboxylic acids is 1. The molecule has 1 atom stereocenters. The minimum atomic E-state index is -1.11. The van der Waals surface area contributed by atoms with Crippen molar-refractivity contribution in [1.82, 2.24) is 5.32 Å². The Balaban J connectivity index is 2.41. The summed E-state index contributed by atoms with van der Waals surface area (Å²) >= 11 is 0. The van der Waals surface area contributed by atoms with E-state index in [1.807, 2.05) is 0 Å². The maximum Gasteiger partial charge on any atom is 0.340 e. The van der Waals surface area contributed by atoms with E-state index in [0.717, 1.165) is 0 Å². The molecule has 0 aliphatic heterocycles. The van der Waals surface area contributed by atoms with Crippen LogP contribution >= 0.6 is 0 Å². The largest absolute Gasteiger partial charge is 0.496 e. The van der Waals surface area contributed by atoms with Gasteiger partial charge in [-0.15, -0.1) is 0 Å². The summed E-state index contributed by atoms with van der Waals surface area (Å²) in [5, 5.41) is 12.1. The number of carboxylic acid groups (broad SMARTS) is 1. The van der Waals surface area contributed by atoms with Crippen LogP contribution in [0.1, 0.15) is 30.0 Å². The van der Waals surface area contributed by atoms with Gasteiger partial charge in [-0.3, -0.25) is 4.79 Å². The summed E-state index contributed by atoms with van der Waals surface area (Å²) in [5.41, 5.74) is 1.36. The van der Waals surface area contributed by atoms with E-state index < -0.39 is 23.5 Å². The Kier molecular flexibility index (Phi) is 5.46. The molecule has 0 bridgehead atoms. The van der Waals surface area contributed by atoms with Crippen molar-refractivity contribution in [3.05, 3.63) is 39.2 Å². The average molecular weight is 347 g/mol. The molecule has 1 aromatic heterocycles. The van der Waals surface area contributed by atoms with Gasteiger partial charge in [0, 0.05) is 10.9 Å². The number of methoxy groups -OCH3 is 1. The highest BCUT2D eigenvalue weighted by Crippen LogP contribution is 2.29. The number of carboxylic acids is 1. The zero-order valence-electron chi connectivity index (χ0n) is 14.6. The summed E-state index contributed by atoms with van der Waals surface area (Å²) < 4.78 is 10.6. The van der Waals surface area contributed by atoms with E-state index in [0.29, 0.717) is 27.8 Å². The van der Waals surface area contributed by atoms with Crippen molar-refractivity contribution < 1.29 is 23.8 Å². The first-order valence-corrected chi connectivity index (χ1v) is 7.92. The maximum absolute atomic E-state index is 12.3. The molecular weight excluding hydrogens is 326 g/mol. The number of carbonyl (C=O) groups is 2. The molecule has 0 fully saturated rings. The van der Waals surface area contributed by atoms with Crippen LogP contribution in [0.3, 0.4) is 0 Å². The summed E-state index contributed by atoms with van der Waals surface area (Å²) in [6.45, 7) is 5.18. The second kappa shape index (κ2) is 7.38. The molecule has 1 amide bonds. The lowest BCUT2D eigenvalue weighted by atomic mass is 10.0. The van der Waals surface area contributed by atoms with Crippen LogP contribution in [-0.2, 0) is 16.0 Å². The van der Waals surface area contributed by atoms with E-state index >= 15 is 0 Å². The van der Waals surface area contributed by atoms with Crippen molar-refractivity contribution in [2.45, 2.75) is 39.7 Å². The predicted molar refractivity (Wildman–Crippen MR) is 92.1 cm³/mol. The third-order valence-electron chi connectivity index (χ3n) is 4.25. The van der Waals surface area contributed by atoms with Gasteiger partial charge in [-0.05, 0) is 38.0 Å². The van der Waals surface area contributed by atoms with Crippen molar-refractivity contribution in [2.75, 3.05) is 7.11 Å². The van der Waals surface area contributed by atoms with Crippen LogP contribution in [0.5, 0.6) is 5.75 Å². The Morgan fingerprint density at radius 2 is 1.96 bits per heavy atom. The molecule has 2 N–H and O–H groups in total. The molecule has 2 rings (SSSR count). The van der Waals surface area contributed by atoms with E-state index in [4.69, 9.17) is 14.3 Å². The van der Waals surface area contributed by atoms with Crippen LogP contribution < -0.4 is 15.7 Å². The van der Waals surface area contributed by atoms with Crippen molar-refractivity contribution >= 4 is 22.8 Å². The third kappa shape index (κ3) is 3.65. The number of nitrogens with one attached hydrogen (secondary N) is 1. The Bertz CT molecular complexity index is 883. The zero-order valence-corrected chi connectivity index (χ0v) is 14.6. The molecule has 0 spiro atoms. The number of fused-ring (bicyclic) bond motifs is 1. The van der Waals surface area contributed by atoms with Crippen LogP contribution in [0.25, 0.3) is 11.0 Å². The number of hydrogen-bond donors (Lipinski definition) is 2. The van der Waals surface area contributed by atoms with Gasteiger partial charge in [0.15, 0.2) is 0 Å². The highest BCUT2D eigenvalue weighted by molar-refractivity contribution is 5.88. The number of rotatable bonds is 6. The molecule has 0 radical (unpaired) electrons. The number of aryl methyl sites for hydroxylation is 2. The Morgan fingerprint density at radius 1 is 1.28 bits per heavy atom. The first-order chi connectivity index (χ1) is 11.8. The van der Waals surface area contributed by atoms with E-state index in [2.05, 4.69) is 5.32 Å². The van der Waals surface area contributed by atoms with Gasteiger partial charge in [-0.25, -0.2) is 9.59 Å². The zero-order chi connectivity index (χ0) is 18.7. The molecule has 0 saturated carbocycles. The van der Waals surface area contributed by atoms with Gasteiger partial charge in [0.25, 0.3) is 0 Å². The topological polar surface area (TPSA) is 106 Å². The molecule has 2 aromatic rings. The Hall–Kier alpha value is -2.83. The summed E-state index contributed by atoms with van der Waals surface area (Å²) in [6.07, 6.45) is 0.0182. The lowest BCUT2D eigenvalue weighted by Gasteiger charge is -2.14. The number of amides is 1. The van der Waals surface area contributed by atoms with Gasteiger partial charge in [-0.2, -0.15) is 0 Å². The van der Waals surface area contributed by atoms with Gasteiger partial charge < -0.3 is 19.6 Å². The number of hydrogen-bond acceptors (Lipinski definition) is 5. The highest BCUT2D eigenvalue weighted by atomic mass is 16.5. The van der Waals surface area contributed by atoms with E-state index in [1.165, 1.54) is 7.11 Å². The van der Waals surface area contributed by atoms with Crippen molar-refractivity contribution in [2.24, 2.45) is 0 Å². The van der Waals surface area contributed by atoms with Crippen LogP contribution in [0.15, 0.2) is 21.3 Å². The quantitative estimate of drug-likeness (QED) is 0.774. The van der Waals surface area contributed by atoms with Crippen LogP contribution in [-0.4, -0.2) is 30.1 Å². The summed E-state index contributed by atoms with van der Waals surface area (Å²) in [5.74, 6) is -1.04. The first kappa shape index (κ1) is 18.5. The van der Waals surface area contributed by atoms with Gasteiger partial charge in [0.05, 0.1) is 19.1 Å². The standard InChI is InChI=1S/C18H21NO6/c1-5-13(17(21)22)19-15(20)8-12-9(2)11-6-7-14(24-4)10(3)16(11)25-18(12)23/h6-7,13H,5,8H2,1-4H3,(H,19,20)(H,21,22). The normalized spacial score (nSPS) is 12.0. The van der Waals surface area contributed by atoms with Gasteiger partial charge in [0.2, 0.25) is 5.91 Å². The Morgan fingerprint density at radius 3 is 2.52 bits per heavy atom. The number of carbonyl (C=O) groups excluding carboxylic acids is 1.